The molecule has 0 radical (unpaired) electrons. The average Bonchev–Trinajstić information content (AvgIpc) is 2.35. The highest BCUT2D eigenvalue weighted by Crippen LogP contribution is 2.17. The highest BCUT2D eigenvalue weighted by Gasteiger charge is 2.03. The molecule has 1 atom stereocenters. The molecule has 2 nitrogen and oxygen atoms in total. The second-order valence-electron chi connectivity index (χ2n) is 3.66. The first-order valence-electron chi connectivity index (χ1n) is 5.33. The van der Waals surface area contributed by atoms with Crippen molar-refractivity contribution in [3.63, 3.8) is 0 Å². The lowest BCUT2D eigenvalue weighted by Gasteiger charge is -2.03. The van der Waals surface area contributed by atoms with E-state index in [0.29, 0.717) is 5.75 Å². The van der Waals surface area contributed by atoms with Crippen LogP contribution in [0.3, 0.4) is 0 Å². The van der Waals surface area contributed by atoms with Crippen LogP contribution in [0.1, 0.15) is 0 Å². The van der Waals surface area contributed by atoms with Crippen LogP contribution in [0.5, 0.6) is 0 Å². The lowest BCUT2D eigenvalue weighted by molar-refractivity contribution is 0.680. The molecule has 16 heavy (non-hydrogen) atoms. The van der Waals surface area contributed by atoms with E-state index in [-0.39, 0.29) is 0 Å². The largest absolute Gasteiger partial charge is 0.319 e. The molecule has 0 saturated carbocycles. The van der Waals surface area contributed by atoms with Gasteiger partial charge in [0.05, 0.1) is 10.8 Å². The van der Waals surface area contributed by atoms with Gasteiger partial charge in [-0.2, -0.15) is 0 Å². The van der Waals surface area contributed by atoms with Crippen molar-refractivity contribution < 1.29 is 4.21 Å². The van der Waals surface area contributed by atoms with Crippen molar-refractivity contribution in [3.8, 4) is 0 Å². The van der Waals surface area contributed by atoms with Crippen LogP contribution in [0, 0.1) is 0 Å². The molecule has 84 valence electrons. The lowest BCUT2D eigenvalue weighted by Crippen LogP contribution is -2.15. The molecule has 0 spiro atoms. The predicted molar refractivity (Wildman–Crippen MR) is 69.2 cm³/mol. The Morgan fingerprint density at radius 2 is 1.88 bits per heavy atom. The first-order valence-corrected chi connectivity index (χ1v) is 6.65. The Balaban J connectivity index is 2.28. The van der Waals surface area contributed by atoms with Crippen LogP contribution in [0.15, 0.2) is 47.4 Å². The van der Waals surface area contributed by atoms with E-state index in [0.717, 1.165) is 16.8 Å². The van der Waals surface area contributed by atoms with Crippen LogP contribution in [0.4, 0.5) is 0 Å². The highest BCUT2D eigenvalue weighted by atomic mass is 32.2. The lowest BCUT2D eigenvalue weighted by atomic mass is 10.1. The molecule has 2 rings (SSSR count). The van der Waals surface area contributed by atoms with Gasteiger partial charge in [-0.3, -0.25) is 4.21 Å². The first kappa shape index (κ1) is 11.3. The van der Waals surface area contributed by atoms with Crippen LogP contribution < -0.4 is 5.32 Å². The molecule has 0 aliphatic carbocycles. The van der Waals surface area contributed by atoms with Gasteiger partial charge in [0, 0.05) is 17.2 Å². The van der Waals surface area contributed by atoms with Crippen LogP contribution in [0.2, 0.25) is 0 Å². The Bertz CT molecular complexity index is 510. The summed E-state index contributed by atoms with van der Waals surface area (Å²) in [6.07, 6.45) is 0. The van der Waals surface area contributed by atoms with Gasteiger partial charge in [0.2, 0.25) is 0 Å². The molecule has 2 aromatic carbocycles. The molecule has 0 bridgehead atoms. The molecule has 0 heterocycles. The smallest absolute Gasteiger partial charge is 0.0542 e. The maximum absolute atomic E-state index is 11.9. The molecule has 0 saturated heterocycles. The Morgan fingerprint density at radius 1 is 1.12 bits per heavy atom. The SMILES string of the molecule is CNCCS(=O)c1ccc2ccccc2c1. The molecule has 3 heteroatoms. The van der Waals surface area contributed by atoms with Crippen LogP contribution in [-0.4, -0.2) is 23.6 Å². The third-order valence-corrected chi connectivity index (χ3v) is 3.88. The number of nitrogens with one attached hydrogen (secondary N) is 1. The molecule has 1 N–H and O–H groups in total. The second kappa shape index (κ2) is 5.23. The summed E-state index contributed by atoms with van der Waals surface area (Å²) in [5.74, 6) is 0.662. The summed E-state index contributed by atoms with van der Waals surface area (Å²) in [7, 11) is 0.971. The molecule has 1 unspecified atom stereocenters. The average molecular weight is 233 g/mol. The summed E-state index contributed by atoms with van der Waals surface area (Å²) < 4.78 is 11.9. The van der Waals surface area contributed by atoms with Crippen molar-refractivity contribution in [2.24, 2.45) is 0 Å². The molecular formula is C13H15NOS. The fraction of sp³-hybridized carbons (Fsp3) is 0.231. The highest BCUT2D eigenvalue weighted by molar-refractivity contribution is 7.85. The van der Waals surface area contributed by atoms with E-state index in [1.54, 1.807) is 0 Å². The molecule has 0 amide bonds. The summed E-state index contributed by atoms with van der Waals surface area (Å²) in [4.78, 5) is 0.911. The first-order chi connectivity index (χ1) is 7.81. The summed E-state index contributed by atoms with van der Waals surface area (Å²) in [6.45, 7) is 0.777. The van der Waals surface area contributed by atoms with Gasteiger partial charge in [0.15, 0.2) is 0 Å². The van der Waals surface area contributed by atoms with Crippen molar-refractivity contribution in [1.29, 1.82) is 0 Å². The van der Waals surface area contributed by atoms with E-state index >= 15 is 0 Å². The minimum Gasteiger partial charge on any atom is -0.319 e. The summed E-state index contributed by atoms with van der Waals surface area (Å²) in [5.41, 5.74) is 0. The number of rotatable bonds is 4. The summed E-state index contributed by atoms with van der Waals surface area (Å²) >= 11 is 0. The summed E-state index contributed by atoms with van der Waals surface area (Å²) in [5, 5.41) is 5.35. The minimum absolute atomic E-state index is 0.662. The van der Waals surface area contributed by atoms with E-state index < -0.39 is 10.8 Å². The van der Waals surface area contributed by atoms with Crippen molar-refractivity contribution in [2.45, 2.75) is 4.90 Å². The zero-order chi connectivity index (χ0) is 11.4. The number of benzene rings is 2. The van der Waals surface area contributed by atoms with Gasteiger partial charge in [0.25, 0.3) is 0 Å². The Kier molecular flexibility index (Phi) is 3.70. The van der Waals surface area contributed by atoms with Crippen molar-refractivity contribution >= 4 is 21.6 Å². The van der Waals surface area contributed by atoms with Gasteiger partial charge in [-0.1, -0.05) is 30.3 Å². The van der Waals surface area contributed by atoms with E-state index in [4.69, 9.17) is 0 Å². The third kappa shape index (κ3) is 2.49. The molecule has 2 aromatic rings. The molecule has 0 aliphatic rings. The van der Waals surface area contributed by atoms with Crippen molar-refractivity contribution in [3.05, 3.63) is 42.5 Å². The third-order valence-electron chi connectivity index (χ3n) is 2.52. The number of hydrogen-bond acceptors (Lipinski definition) is 2. The monoisotopic (exact) mass is 233 g/mol. The van der Waals surface area contributed by atoms with Crippen LogP contribution in [-0.2, 0) is 10.8 Å². The van der Waals surface area contributed by atoms with E-state index in [1.807, 2.05) is 43.4 Å². The maximum Gasteiger partial charge on any atom is 0.0542 e. The minimum atomic E-state index is -0.902. The number of fused-ring (bicyclic) bond motifs is 1. The Morgan fingerprint density at radius 3 is 2.62 bits per heavy atom. The Hall–Kier alpha value is -1.19. The number of hydrogen-bond donors (Lipinski definition) is 1. The molecule has 0 aromatic heterocycles. The van der Waals surface area contributed by atoms with E-state index in [2.05, 4.69) is 11.4 Å². The standard InChI is InChI=1S/C13H15NOS/c1-14-8-9-16(15)13-7-6-11-4-2-3-5-12(11)10-13/h2-7,10,14H,8-9H2,1H3. The van der Waals surface area contributed by atoms with Gasteiger partial charge < -0.3 is 5.32 Å². The summed E-state index contributed by atoms with van der Waals surface area (Å²) in [6, 6.07) is 14.1. The van der Waals surface area contributed by atoms with E-state index in [1.165, 1.54) is 5.39 Å². The molecule has 0 aliphatic heterocycles. The Labute approximate surface area is 98.1 Å². The van der Waals surface area contributed by atoms with Crippen LogP contribution >= 0.6 is 0 Å². The fourth-order valence-electron chi connectivity index (χ4n) is 1.62. The van der Waals surface area contributed by atoms with Gasteiger partial charge in [-0.15, -0.1) is 0 Å². The quantitative estimate of drug-likeness (QED) is 0.877. The fourth-order valence-corrected chi connectivity index (χ4v) is 2.73. The zero-order valence-electron chi connectivity index (χ0n) is 9.27. The van der Waals surface area contributed by atoms with Crippen LogP contribution in [0.25, 0.3) is 10.8 Å². The predicted octanol–water partition coefficient (Wildman–Crippen LogP) is 2.17. The van der Waals surface area contributed by atoms with Crippen molar-refractivity contribution in [2.75, 3.05) is 19.3 Å². The van der Waals surface area contributed by atoms with Gasteiger partial charge >= 0.3 is 0 Å². The van der Waals surface area contributed by atoms with Gasteiger partial charge in [0.1, 0.15) is 0 Å². The normalized spacial score (nSPS) is 12.8. The van der Waals surface area contributed by atoms with Gasteiger partial charge in [-0.05, 0) is 30.0 Å². The maximum atomic E-state index is 11.9. The van der Waals surface area contributed by atoms with Gasteiger partial charge in [-0.25, -0.2) is 0 Å². The van der Waals surface area contributed by atoms with Crippen molar-refractivity contribution in [1.82, 2.24) is 5.32 Å². The topological polar surface area (TPSA) is 29.1 Å². The molecule has 0 fully saturated rings. The van der Waals surface area contributed by atoms with E-state index in [9.17, 15) is 4.21 Å². The second-order valence-corrected chi connectivity index (χ2v) is 5.23. The zero-order valence-corrected chi connectivity index (χ0v) is 10.1. The molecular weight excluding hydrogens is 218 g/mol.